The molecule has 1 aromatic carbocycles. The average Bonchev–Trinajstić information content (AvgIpc) is 2.37. The summed E-state index contributed by atoms with van der Waals surface area (Å²) in [5.74, 6) is -1.42. The SMILES string of the molecule is Cc1ccc(C)c(C(=O)NCC(C)(C)N(C)C)c1C(=O)O. The predicted molar refractivity (Wildman–Crippen MR) is 83.0 cm³/mol. The fraction of sp³-hybridized carbons (Fsp3) is 0.500. The van der Waals surface area contributed by atoms with Crippen LogP contribution in [-0.2, 0) is 0 Å². The van der Waals surface area contributed by atoms with E-state index < -0.39 is 5.97 Å². The third-order valence-electron chi connectivity index (χ3n) is 3.96. The lowest BCUT2D eigenvalue weighted by Crippen LogP contribution is -2.48. The molecule has 0 aliphatic heterocycles. The Balaban J connectivity index is 3.09. The molecule has 0 saturated heterocycles. The van der Waals surface area contributed by atoms with Gasteiger partial charge in [0.1, 0.15) is 0 Å². The van der Waals surface area contributed by atoms with Crippen LogP contribution >= 0.6 is 0 Å². The first-order valence-electron chi connectivity index (χ1n) is 6.87. The maximum absolute atomic E-state index is 12.4. The molecule has 0 fully saturated rings. The van der Waals surface area contributed by atoms with E-state index in [1.807, 2.05) is 32.8 Å². The zero-order valence-corrected chi connectivity index (χ0v) is 13.6. The van der Waals surface area contributed by atoms with Gasteiger partial charge in [0.15, 0.2) is 0 Å². The number of carboxylic acids is 1. The van der Waals surface area contributed by atoms with Crippen molar-refractivity contribution in [3.05, 3.63) is 34.4 Å². The normalized spacial score (nSPS) is 11.6. The Morgan fingerprint density at radius 2 is 1.62 bits per heavy atom. The minimum Gasteiger partial charge on any atom is -0.478 e. The second-order valence-electron chi connectivity index (χ2n) is 6.14. The van der Waals surface area contributed by atoms with Crippen molar-refractivity contribution < 1.29 is 14.7 Å². The van der Waals surface area contributed by atoms with Crippen LogP contribution in [0.5, 0.6) is 0 Å². The number of benzene rings is 1. The highest BCUT2D eigenvalue weighted by atomic mass is 16.4. The molecule has 0 heterocycles. The van der Waals surface area contributed by atoms with Crippen LogP contribution in [0.25, 0.3) is 0 Å². The summed E-state index contributed by atoms with van der Waals surface area (Å²) in [5, 5.41) is 12.2. The number of carbonyl (C=O) groups is 2. The van der Waals surface area contributed by atoms with Crippen molar-refractivity contribution in [2.24, 2.45) is 0 Å². The summed E-state index contributed by atoms with van der Waals surface area (Å²) >= 11 is 0. The molecule has 116 valence electrons. The van der Waals surface area contributed by atoms with Gasteiger partial charge in [-0.1, -0.05) is 12.1 Å². The molecule has 0 aromatic heterocycles. The maximum Gasteiger partial charge on any atom is 0.336 e. The van der Waals surface area contributed by atoms with Crippen LogP contribution < -0.4 is 5.32 Å². The number of hydrogen-bond acceptors (Lipinski definition) is 3. The van der Waals surface area contributed by atoms with E-state index in [0.717, 1.165) is 0 Å². The summed E-state index contributed by atoms with van der Waals surface area (Å²) < 4.78 is 0. The first-order valence-corrected chi connectivity index (χ1v) is 6.87. The second-order valence-corrected chi connectivity index (χ2v) is 6.14. The van der Waals surface area contributed by atoms with Gasteiger partial charge in [-0.25, -0.2) is 4.79 Å². The number of amides is 1. The Morgan fingerprint density at radius 1 is 1.14 bits per heavy atom. The van der Waals surface area contributed by atoms with Crippen LogP contribution in [0.4, 0.5) is 0 Å². The highest BCUT2D eigenvalue weighted by molar-refractivity contribution is 6.06. The molecule has 0 radical (unpaired) electrons. The Hall–Kier alpha value is -1.88. The molecular formula is C16H24N2O3. The Bertz CT molecular complexity index is 563. The van der Waals surface area contributed by atoms with Gasteiger partial charge in [-0.15, -0.1) is 0 Å². The molecule has 0 unspecified atom stereocenters. The summed E-state index contributed by atoms with van der Waals surface area (Å²) in [6, 6.07) is 3.49. The van der Waals surface area contributed by atoms with E-state index in [2.05, 4.69) is 5.32 Å². The quantitative estimate of drug-likeness (QED) is 0.871. The van der Waals surface area contributed by atoms with Crippen LogP contribution in [0.3, 0.4) is 0 Å². The number of carbonyl (C=O) groups excluding carboxylic acids is 1. The number of rotatable bonds is 5. The van der Waals surface area contributed by atoms with Gasteiger partial charge >= 0.3 is 5.97 Å². The fourth-order valence-corrected chi connectivity index (χ4v) is 1.92. The van der Waals surface area contributed by atoms with Crippen molar-refractivity contribution in [1.82, 2.24) is 10.2 Å². The van der Waals surface area contributed by atoms with Crippen LogP contribution in [-0.4, -0.2) is 48.1 Å². The zero-order valence-electron chi connectivity index (χ0n) is 13.6. The number of nitrogens with zero attached hydrogens (tertiary/aromatic N) is 1. The maximum atomic E-state index is 12.4. The third-order valence-corrected chi connectivity index (χ3v) is 3.96. The van der Waals surface area contributed by atoms with Crippen LogP contribution in [0.2, 0.25) is 0 Å². The molecule has 1 amide bonds. The minimum atomic E-state index is -1.08. The van der Waals surface area contributed by atoms with E-state index in [-0.39, 0.29) is 22.6 Å². The van der Waals surface area contributed by atoms with E-state index in [0.29, 0.717) is 17.7 Å². The zero-order chi connectivity index (χ0) is 16.4. The molecule has 5 nitrogen and oxygen atoms in total. The van der Waals surface area contributed by atoms with E-state index in [1.54, 1.807) is 26.0 Å². The lowest BCUT2D eigenvalue weighted by atomic mass is 9.96. The van der Waals surface area contributed by atoms with Crippen LogP contribution in [0.15, 0.2) is 12.1 Å². The molecule has 0 saturated carbocycles. The molecule has 0 aliphatic carbocycles. The van der Waals surface area contributed by atoms with Gasteiger partial charge in [0.25, 0.3) is 5.91 Å². The lowest BCUT2D eigenvalue weighted by Gasteiger charge is -2.32. The van der Waals surface area contributed by atoms with Crippen molar-refractivity contribution >= 4 is 11.9 Å². The number of likely N-dealkylation sites (N-methyl/N-ethyl adjacent to an activating group) is 1. The largest absolute Gasteiger partial charge is 0.478 e. The second kappa shape index (κ2) is 6.26. The number of nitrogens with one attached hydrogen (secondary N) is 1. The van der Waals surface area contributed by atoms with Crippen molar-refractivity contribution in [1.29, 1.82) is 0 Å². The highest BCUT2D eigenvalue weighted by Gasteiger charge is 2.25. The average molecular weight is 292 g/mol. The predicted octanol–water partition coefficient (Wildman–Crippen LogP) is 2.07. The molecule has 2 N–H and O–H groups in total. The number of aromatic carboxylic acids is 1. The smallest absolute Gasteiger partial charge is 0.336 e. The Labute approximate surface area is 126 Å². The molecule has 21 heavy (non-hydrogen) atoms. The summed E-state index contributed by atoms with van der Waals surface area (Å²) in [5.41, 5.74) is 1.37. The monoisotopic (exact) mass is 292 g/mol. The van der Waals surface area contributed by atoms with Crippen molar-refractivity contribution in [3.63, 3.8) is 0 Å². The molecule has 0 atom stereocenters. The van der Waals surface area contributed by atoms with Gasteiger partial charge in [-0.2, -0.15) is 0 Å². The van der Waals surface area contributed by atoms with Crippen LogP contribution in [0, 0.1) is 13.8 Å². The molecular weight excluding hydrogens is 268 g/mol. The lowest BCUT2D eigenvalue weighted by molar-refractivity contribution is 0.0689. The Kier molecular flexibility index (Phi) is 5.12. The summed E-state index contributed by atoms with van der Waals surface area (Å²) in [6.45, 7) is 7.90. The van der Waals surface area contributed by atoms with Crippen molar-refractivity contribution in [2.75, 3.05) is 20.6 Å². The first-order chi connectivity index (χ1) is 9.58. The van der Waals surface area contributed by atoms with Crippen molar-refractivity contribution in [2.45, 2.75) is 33.2 Å². The van der Waals surface area contributed by atoms with Gasteiger partial charge in [0, 0.05) is 12.1 Å². The van der Waals surface area contributed by atoms with E-state index in [1.165, 1.54) is 0 Å². The standard InChI is InChI=1S/C16H24N2O3/c1-10-7-8-11(2)13(15(20)21)12(10)14(19)17-9-16(3,4)18(5)6/h7-8H,9H2,1-6H3,(H,17,19)(H,20,21). The molecule has 1 aromatic rings. The topological polar surface area (TPSA) is 69.6 Å². The van der Waals surface area contributed by atoms with Crippen molar-refractivity contribution in [3.8, 4) is 0 Å². The fourth-order valence-electron chi connectivity index (χ4n) is 1.92. The van der Waals surface area contributed by atoms with Gasteiger partial charge < -0.3 is 15.3 Å². The van der Waals surface area contributed by atoms with Gasteiger partial charge in [0.05, 0.1) is 11.1 Å². The minimum absolute atomic E-state index is 0.0789. The van der Waals surface area contributed by atoms with E-state index in [9.17, 15) is 14.7 Å². The molecule has 1 rings (SSSR count). The summed E-state index contributed by atoms with van der Waals surface area (Å²) in [6.07, 6.45) is 0. The Morgan fingerprint density at radius 3 is 2.05 bits per heavy atom. The molecule has 5 heteroatoms. The van der Waals surface area contributed by atoms with E-state index >= 15 is 0 Å². The van der Waals surface area contributed by atoms with Gasteiger partial charge in [0.2, 0.25) is 0 Å². The number of aryl methyl sites for hydroxylation is 2. The third kappa shape index (κ3) is 3.82. The van der Waals surface area contributed by atoms with E-state index in [4.69, 9.17) is 0 Å². The number of hydrogen-bond donors (Lipinski definition) is 2. The first kappa shape index (κ1) is 17.2. The highest BCUT2D eigenvalue weighted by Crippen LogP contribution is 2.19. The summed E-state index contributed by atoms with van der Waals surface area (Å²) in [4.78, 5) is 25.8. The van der Waals surface area contributed by atoms with Gasteiger partial charge in [-0.3, -0.25) is 4.79 Å². The molecule has 0 aliphatic rings. The summed E-state index contributed by atoms with van der Waals surface area (Å²) in [7, 11) is 3.87. The van der Waals surface area contributed by atoms with Gasteiger partial charge in [-0.05, 0) is 52.9 Å². The number of carboxylic acid groups (broad SMARTS) is 1. The molecule has 0 bridgehead atoms. The van der Waals surface area contributed by atoms with Crippen LogP contribution in [0.1, 0.15) is 45.7 Å². The molecule has 0 spiro atoms.